The minimum Gasteiger partial charge on any atom is -0.497 e. The highest BCUT2D eigenvalue weighted by Crippen LogP contribution is 2.20. The van der Waals surface area contributed by atoms with Crippen molar-refractivity contribution in [3.05, 3.63) is 54.1 Å². The number of anilines is 1. The van der Waals surface area contributed by atoms with Gasteiger partial charge in [0.2, 0.25) is 0 Å². The lowest BCUT2D eigenvalue weighted by Crippen LogP contribution is -2.30. The van der Waals surface area contributed by atoms with Gasteiger partial charge in [-0.25, -0.2) is 0 Å². The van der Waals surface area contributed by atoms with E-state index in [0.29, 0.717) is 23.6 Å². The Labute approximate surface area is 135 Å². The van der Waals surface area contributed by atoms with Crippen molar-refractivity contribution in [3.63, 3.8) is 0 Å². The molecule has 0 spiro atoms. The van der Waals surface area contributed by atoms with Crippen molar-refractivity contribution in [1.82, 2.24) is 0 Å². The minimum atomic E-state index is -0.652. The molecule has 0 aliphatic heterocycles. The van der Waals surface area contributed by atoms with Crippen molar-refractivity contribution in [1.29, 1.82) is 5.26 Å². The molecule has 0 aromatic heterocycles. The Kier molecular flexibility index (Phi) is 5.59. The Morgan fingerprint density at radius 3 is 2.57 bits per heavy atom. The van der Waals surface area contributed by atoms with Gasteiger partial charge in [-0.05, 0) is 36.8 Å². The van der Waals surface area contributed by atoms with E-state index in [0.717, 1.165) is 5.56 Å². The van der Waals surface area contributed by atoms with Gasteiger partial charge in [0, 0.05) is 11.8 Å². The predicted octanol–water partition coefficient (Wildman–Crippen LogP) is 3.17. The summed E-state index contributed by atoms with van der Waals surface area (Å²) < 4.78 is 10.7. The van der Waals surface area contributed by atoms with Crippen molar-refractivity contribution in [2.75, 3.05) is 12.4 Å². The zero-order chi connectivity index (χ0) is 16.7. The minimum absolute atomic E-state index is 0.249. The van der Waals surface area contributed by atoms with Gasteiger partial charge in [-0.15, -0.1) is 0 Å². The standard InChI is InChI=1S/C18H18N2O3/c1-13(23-17-5-3-4-16(12-17)22-2)18(21)20-15-8-6-14(7-9-15)10-11-19/h3-9,12-13H,10H2,1-2H3,(H,20,21). The van der Waals surface area contributed by atoms with Crippen LogP contribution in [0.4, 0.5) is 5.69 Å². The summed E-state index contributed by atoms with van der Waals surface area (Å²) in [7, 11) is 1.57. The number of nitriles is 1. The van der Waals surface area contributed by atoms with Crippen LogP contribution in [0, 0.1) is 11.3 Å². The lowest BCUT2D eigenvalue weighted by Gasteiger charge is -2.15. The smallest absolute Gasteiger partial charge is 0.265 e. The third-order valence-electron chi connectivity index (χ3n) is 3.23. The van der Waals surface area contributed by atoms with Crippen LogP contribution >= 0.6 is 0 Å². The highest BCUT2D eigenvalue weighted by molar-refractivity contribution is 5.94. The third-order valence-corrected chi connectivity index (χ3v) is 3.23. The van der Waals surface area contributed by atoms with E-state index in [1.54, 1.807) is 50.4 Å². The van der Waals surface area contributed by atoms with Crippen molar-refractivity contribution >= 4 is 11.6 Å². The second kappa shape index (κ2) is 7.85. The molecule has 118 valence electrons. The van der Waals surface area contributed by atoms with E-state index < -0.39 is 6.10 Å². The van der Waals surface area contributed by atoms with Gasteiger partial charge in [0.15, 0.2) is 6.10 Å². The van der Waals surface area contributed by atoms with Crippen molar-refractivity contribution in [3.8, 4) is 17.6 Å². The zero-order valence-electron chi connectivity index (χ0n) is 13.1. The molecule has 5 heteroatoms. The van der Waals surface area contributed by atoms with E-state index in [-0.39, 0.29) is 5.91 Å². The van der Waals surface area contributed by atoms with Crippen LogP contribution in [-0.4, -0.2) is 19.1 Å². The number of methoxy groups -OCH3 is 1. The average molecular weight is 310 g/mol. The summed E-state index contributed by atoms with van der Waals surface area (Å²) >= 11 is 0. The van der Waals surface area contributed by atoms with E-state index in [4.69, 9.17) is 14.7 Å². The topological polar surface area (TPSA) is 71.3 Å². The zero-order valence-corrected chi connectivity index (χ0v) is 13.1. The summed E-state index contributed by atoms with van der Waals surface area (Å²) in [6, 6.07) is 16.3. The van der Waals surface area contributed by atoms with Gasteiger partial charge in [-0.3, -0.25) is 4.79 Å². The molecular weight excluding hydrogens is 292 g/mol. The first-order chi connectivity index (χ1) is 11.1. The lowest BCUT2D eigenvalue weighted by atomic mass is 10.1. The number of benzene rings is 2. The Bertz CT molecular complexity index is 705. The molecule has 0 radical (unpaired) electrons. The SMILES string of the molecule is COc1cccc(OC(C)C(=O)Nc2ccc(CC#N)cc2)c1. The molecule has 0 aliphatic carbocycles. The van der Waals surface area contributed by atoms with Gasteiger partial charge >= 0.3 is 0 Å². The molecule has 2 rings (SSSR count). The number of nitrogens with one attached hydrogen (secondary N) is 1. The van der Waals surface area contributed by atoms with Gasteiger partial charge in [-0.1, -0.05) is 18.2 Å². The highest BCUT2D eigenvalue weighted by Gasteiger charge is 2.15. The second-order valence-electron chi connectivity index (χ2n) is 4.96. The molecule has 0 saturated heterocycles. The van der Waals surface area contributed by atoms with E-state index in [1.165, 1.54) is 0 Å². The fourth-order valence-corrected chi connectivity index (χ4v) is 1.97. The van der Waals surface area contributed by atoms with Crippen molar-refractivity contribution in [2.45, 2.75) is 19.4 Å². The molecule has 1 amide bonds. The summed E-state index contributed by atoms with van der Waals surface area (Å²) in [5.74, 6) is 0.986. The normalized spacial score (nSPS) is 11.2. The van der Waals surface area contributed by atoms with Gasteiger partial charge in [0.1, 0.15) is 11.5 Å². The molecule has 0 aliphatic rings. The maximum absolute atomic E-state index is 12.2. The first-order valence-corrected chi connectivity index (χ1v) is 7.20. The molecule has 1 unspecified atom stereocenters. The van der Waals surface area contributed by atoms with Crippen LogP contribution in [-0.2, 0) is 11.2 Å². The molecular formula is C18H18N2O3. The first-order valence-electron chi connectivity index (χ1n) is 7.20. The monoisotopic (exact) mass is 310 g/mol. The highest BCUT2D eigenvalue weighted by atomic mass is 16.5. The summed E-state index contributed by atoms with van der Waals surface area (Å²) in [6.07, 6.45) is -0.301. The number of hydrogen-bond acceptors (Lipinski definition) is 4. The molecule has 2 aromatic rings. The Balaban J connectivity index is 1.95. The van der Waals surface area contributed by atoms with Gasteiger partial charge in [-0.2, -0.15) is 5.26 Å². The molecule has 23 heavy (non-hydrogen) atoms. The largest absolute Gasteiger partial charge is 0.497 e. The Hall–Kier alpha value is -3.00. The van der Waals surface area contributed by atoms with Gasteiger partial charge < -0.3 is 14.8 Å². The van der Waals surface area contributed by atoms with E-state index in [2.05, 4.69) is 11.4 Å². The Morgan fingerprint density at radius 2 is 1.91 bits per heavy atom. The average Bonchev–Trinajstić information content (AvgIpc) is 2.57. The molecule has 5 nitrogen and oxygen atoms in total. The number of carbonyl (C=O) groups is 1. The van der Waals surface area contributed by atoms with Crippen LogP contribution in [0.25, 0.3) is 0 Å². The van der Waals surface area contributed by atoms with E-state index in [1.807, 2.05) is 12.1 Å². The van der Waals surface area contributed by atoms with Gasteiger partial charge in [0.05, 0.1) is 19.6 Å². The van der Waals surface area contributed by atoms with Crippen LogP contribution < -0.4 is 14.8 Å². The predicted molar refractivity (Wildman–Crippen MR) is 87.5 cm³/mol. The molecule has 1 atom stereocenters. The van der Waals surface area contributed by atoms with Crippen LogP contribution in [0.2, 0.25) is 0 Å². The Morgan fingerprint density at radius 1 is 1.22 bits per heavy atom. The summed E-state index contributed by atoms with van der Waals surface area (Å²) in [5, 5.41) is 11.4. The molecule has 0 bridgehead atoms. The van der Waals surface area contributed by atoms with E-state index >= 15 is 0 Å². The maximum atomic E-state index is 12.2. The van der Waals surface area contributed by atoms with Crippen LogP contribution in [0.1, 0.15) is 12.5 Å². The number of carbonyl (C=O) groups excluding carboxylic acids is 1. The second-order valence-corrected chi connectivity index (χ2v) is 4.96. The summed E-state index contributed by atoms with van der Waals surface area (Å²) in [5.41, 5.74) is 1.57. The lowest BCUT2D eigenvalue weighted by molar-refractivity contribution is -0.122. The number of amides is 1. The first kappa shape index (κ1) is 16.4. The van der Waals surface area contributed by atoms with Crippen LogP contribution in [0.15, 0.2) is 48.5 Å². The fourth-order valence-electron chi connectivity index (χ4n) is 1.97. The molecule has 0 fully saturated rings. The van der Waals surface area contributed by atoms with Crippen LogP contribution in [0.5, 0.6) is 11.5 Å². The number of nitrogens with zero attached hydrogens (tertiary/aromatic N) is 1. The number of ether oxygens (including phenoxy) is 2. The van der Waals surface area contributed by atoms with Crippen molar-refractivity contribution < 1.29 is 14.3 Å². The third kappa shape index (κ3) is 4.75. The van der Waals surface area contributed by atoms with Crippen LogP contribution in [0.3, 0.4) is 0 Å². The molecule has 0 saturated carbocycles. The molecule has 0 heterocycles. The molecule has 1 N–H and O–H groups in total. The van der Waals surface area contributed by atoms with Gasteiger partial charge in [0.25, 0.3) is 5.91 Å². The fraction of sp³-hybridized carbons (Fsp3) is 0.222. The van der Waals surface area contributed by atoms with E-state index in [9.17, 15) is 4.79 Å². The molecule has 2 aromatic carbocycles. The number of rotatable bonds is 6. The quantitative estimate of drug-likeness (QED) is 0.889. The summed E-state index contributed by atoms with van der Waals surface area (Å²) in [6.45, 7) is 1.68. The number of hydrogen-bond donors (Lipinski definition) is 1. The van der Waals surface area contributed by atoms with Crippen molar-refractivity contribution in [2.24, 2.45) is 0 Å². The maximum Gasteiger partial charge on any atom is 0.265 e. The summed E-state index contributed by atoms with van der Waals surface area (Å²) in [4.78, 5) is 12.2.